The molecular weight excluding hydrogens is 711 g/mol. The van der Waals surface area contributed by atoms with Crippen LogP contribution in [0.3, 0.4) is 0 Å². The van der Waals surface area contributed by atoms with Gasteiger partial charge >= 0.3 is 0 Å². The SMILES string of the molecule is [2H]c1c([2H])c([2H])c2c(-c3ccc(-c4ccccc4)c4ccccc34)c3ccc(-c4ccccc4)cc3c(-c3ccc(-n4c5ccccc5c5ccc6ccccc6c54)cc3)c2c1[2H]. The monoisotopic (exact) mass is 751 g/mol. The Balaban J connectivity index is 1.18. The summed E-state index contributed by atoms with van der Waals surface area (Å²) in [7, 11) is 0. The molecule has 1 heterocycles. The molecule has 0 fully saturated rings. The van der Waals surface area contributed by atoms with Crippen molar-refractivity contribution in [3.8, 4) is 50.2 Å². The Kier molecular flexibility index (Phi) is 6.72. The predicted molar refractivity (Wildman–Crippen MR) is 253 cm³/mol. The number of aromatic nitrogens is 1. The summed E-state index contributed by atoms with van der Waals surface area (Å²) >= 11 is 0. The summed E-state index contributed by atoms with van der Waals surface area (Å²) in [6.07, 6.45) is 0. The zero-order chi connectivity index (χ0) is 42.3. The maximum atomic E-state index is 9.70. The smallest absolute Gasteiger partial charge is 0.0629 e. The summed E-state index contributed by atoms with van der Waals surface area (Å²) in [5.41, 5.74) is 10.9. The van der Waals surface area contributed by atoms with Gasteiger partial charge in [-0.15, -0.1) is 0 Å². The van der Waals surface area contributed by atoms with Crippen LogP contribution in [-0.4, -0.2) is 4.57 Å². The topological polar surface area (TPSA) is 4.93 Å². The van der Waals surface area contributed by atoms with E-state index in [2.05, 4.69) is 174 Å². The van der Waals surface area contributed by atoms with Gasteiger partial charge in [0.2, 0.25) is 0 Å². The number of benzene rings is 11. The quantitative estimate of drug-likeness (QED) is 0.154. The normalized spacial score (nSPS) is 12.7. The predicted octanol–water partition coefficient (Wildman–Crippen LogP) is 16.1. The molecule has 0 aliphatic rings. The molecule has 0 atom stereocenters. The first-order valence-corrected chi connectivity index (χ1v) is 20.1. The number of nitrogens with zero attached hydrogens (tertiary/aromatic N) is 1. The fraction of sp³-hybridized carbons (Fsp3) is 0. The van der Waals surface area contributed by atoms with Gasteiger partial charge < -0.3 is 4.57 Å². The van der Waals surface area contributed by atoms with E-state index in [-0.39, 0.29) is 24.2 Å². The van der Waals surface area contributed by atoms with Gasteiger partial charge in [-0.25, -0.2) is 0 Å². The number of fused-ring (bicyclic) bond motifs is 8. The third-order valence-electron chi connectivity index (χ3n) is 12.1. The van der Waals surface area contributed by atoms with Gasteiger partial charge in [0.1, 0.15) is 0 Å². The number of para-hydroxylation sites is 1. The molecule has 0 aliphatic heterocycles. The average Bonchev–Trinajstić information content (AvgIpc) is 3.69. The Morgan fingerprint density at radius 3 is 1.66 bits per heavy atom. The number of rotatable bonds is 5. The Morgan fingerprint density at radius 1 is 0.322 bits per heavy atom. The van der Waals surface area contributed by atoms with Gasteiger partial charge in [-0.3, -0.25) is 0 Å². The van der Waals surface area contributed by atoms with Gasteiger partial charge in [-0.1, -0.05) is 200 Å². The van der Waals surface area contributed by atoms with Crippen molar-refractivity contribution in [2.24, 2.45) is 0 Å². The third kappa shape index (κ3) is 5.25. The first-order valence-electron chi connectivity index (χ1n) is 22.1. The van der Waals surface area contributed by atoms with Gasteiger partial charge in [0, 0.05) is 21.8 Å². The van der Waals surface area contributed by atoms with Crippen molar-refractivity contribution < 1.29 is 5.48 Å². The fourth-order valence-corrected chi connectivity index (χ4v) is 9.48. The van der Waals surface area contributed by atoms with Crippen LogP contribution in [0.4, 0.5) is 0 Å². The minimum absolute atomic E-state index is 0.0544. The Hall–Kier alpha value is -7.74. The van der Waals surface area contributed by atoms with E-state index in [9.17, 15) is 2.74 Å². The lowest BCUT2D eigenvalue weighted by molar-refractivity contribution is 1.19. The van der Waals surface area contributed by atoms with Crippen LogP contribution in [0.25, 0.3) is 115 Å². The van der Waals surface area contributed by atoms with Crippen molar-refractivity contribution in [2.45, 2.75) is 0 Å². The van der Waals surface area contributed by atoms with Crippen molar-refractivity contribution in [2.75, 3.05) is 0 Å². The van der Waals surface area contributed by atoms with Gasteiger partial charge in [-0.2, -0.15) is 0 Å². The molecule has 11 aromatic carbocycles. The van der Waals surface area contributed by atoms with Crippen LogP contribution < -0.4 is 0 Å². The first kappa shape index (κ1) is 29.5. The molecule has 0 amide bonds. The van der Waals surface area contributed by atoms with Crippen molar-refractivity contribution in [3.05, 3.63) is 224 Å². The minimum atomic E-state index is -0.253. The highest BCUT2D eigenvalue weighted by atomic mass is 15.0. The largest absolute Gasteiger partial charge is 0.309 e. The summed E-state index contributed by atoms with van der Waals surface area (Å²) in [4.78, 5) is 0. The number of hydrogen-bond donors (Lipinski definition) is 0. The molecule has 12 aromatic rings. The molecule has 0 bridgehead atoms. The highest BCUT2D eigenvalue weighted by Crippen LogP contribution is 2.48. The highest BCUT2D eigenvalue weighted by molar-refractivity contribution is 6.25. The second-order valence-corrected chi connectivity index (χ2v) is 15.3. The molecule has 274 valence electrons. The van der Waals surface area contributed by atoms with E-state index in [1.54, 1.807) is 0 Å². The minimum Gasteiger partial charge on any atom is -0.309 e. The van der Waals surface area contributed by atoms with Gasteiger partial charge in [0.05, 0.1) is 16.5 Å². The van der Waals surface area contributed by atoms with Crippen molar-refractivity contribution in [1.82, 2.24) is 4.57 Å². The second kappa shape index (κ2) is 13.4. The summed E-state index contributed by atoms with van der Waals surface area (Å²) < 4.78 is 39.9. The van der Waals surface area contributed by atoms with Crippen molar-refractivity contribution >= 4 is 64.9 Å². The summed E-state index contributed by atoms with van der Waals surface area (Å²) in [6, 6.07) is 69.3. The molecule has 0 saturated heterocycles. The molecular formula is C58H37N. The lowest BCUT2D eigenvalue weighted by Crippen LogP contribution is -1.96. The summed E-state index contributed by atoms with van der Waals surface area (Å²) in [5, 5.41) is 9.64. The van der Waals surface area contributed by atoms with E-state index in [4.69, 9.17) is 2.74 Å². The summed E-state index contributed by atoms with van der Waals surface area (Å²) in [5.74, 6) is 0. The van der Waals surface area contributed by atoms with Gasteiger partial charge in [0.15, 0.2) is 0 Å². The van der Waals surface area contributed by atoms with E-state index in [0.29, 0.717) is 10.8 Å². The van der Waals surface area contributed by atoms with Gasteiger partial charge in [-0.05, 0) is 106 Å². The van der Waals surface area contributed by atoms with Crippen molar-refractivity contribution in [1.29, 1.82) is 0 Å². The van der Waals surface area contributed by atoms with E-state index < -0.39 is 0 Å². The van der Waals surface area contributed by atoms with Crippen LogP contribution in [0, 0.1) is 0 Å². The maximum absolute atomic E-state index is 9.70. The molecule has 0 unspecified atom stereocenters. The van der Waals surface area contributed by atoms with Gasteiger partial charge in [0.25, 0.3) is 0 Å². The third-order valence-corrected chi connectivity index (χ3v) is 12.1. The summed E-state index contributed by atoms with van der Waals surface area (Å²) in [6.45, 7) is 0. The Morgan fingerprint density at radius 2 is 0.898 bits per heavy atom. The van der Waals surface area contributed by atoms with E-state index >= 15 is 0 Å². The van der Waals surface area contributed by atoms with Crippen LogP contribution in [0.5, 0.6) is 0 Å². The van der Waals surface area contributed by atoms with E-state index in [0.717, 1.165) is 82.8 Å². The molecule has 1 nitrogen and oxygen atoms in total. The molecule has 1 aromatic heterocycles. The zero-order valence-electron chi connectivity index (χ0n) is 36.0. The van der Waals surface area contributed by atoms with Crippen LogP contribution in [-0.2, 0) is 0 Å². The Labute approximate surface area is 348 Å². The lowest BCUT2D eigenvalue weighted by Gasteiger charge is -2.20. The molecule has 59 heavy (non-hydrogen) atoms. The molecule has 0 saturated carbocycles. The Bertz CT molecular complexity index is 3820. The maximum Gasteiger partial charge on any atom is 0.0629 e. The van der Waals surface area contributed by atoms with E-state index in [1.807, 2.05) is 30.3 Å². The fourth-order valence-electron chi connectivity index (χ4n) is 9.48. The molecule has 0 aliphatic carbocycles. The van der Waals surface area contributed by atoms with Crippen molar-refractivity contribution in [3.63, 3.8) is 0 Å². The molecule has 0 radical (unpaired) electrons. The first-order chi connectivity index (χ1) is 31.0. The molecule has 1 heteroatoms. The van der Waals surface area contributed by atoms with E-state index in [1.165, 1.54) is 21.5 Å². The highest BCUT2D eigenvalue weighted by Gasteiger charge is 2.21. The molecule has 0 N–H and O–H groups in total. The molecule has 0 spiro atoms. The lowest BCUT2D eigenvalue weighted by atomic mass is 9.83. The standard InChI is InChI=1S/C58H37N/c1-3-15-38(16-4-1)42-30-33-52-54(37-42)56(41-27-31-43(32-28-41)59-55-26-14-13-23-48(55)53-34-29-40-19-7-8-20-45(40)58(53)59)49-24-11-12-25-50(49)57(52)51-36-35-44(39-17-5-2-6-18-39)46-21-9-10-22-47(46)51/h1-37H/i11D,12D,24D,25D. The zero-order valence-corrected chi connectivity index (χ0v) is 32.0. The second-order valence-electron chi connectivity index (χ2n) is 15.3. The van der Waals surface area contributed by atoms with Crippen LogP contribution in [0.2, 0.25) is 0 Å². The number of hydrogen-bond acceptors (Lipinski definition) is 0. The van der Waals surface area contributed by atoms with Crippen LogP contribution in [0.1, 0.15) is 5.48 Å². The molecule has 12 rings (SSSR count). The van der Waals surface area contributed by atoms with Crippen LogP contribution >= 0.6 is 0 Å². The average molecular weight is 752 g/mol. The van der Waals surface area contributed by atoms with Crippen LogP contribution in [0.15, 0.2) is 224 Å².